The van der Waals surface area contributed by atoms with Crippen LogP contribution in [0.4, 0.5) is 5.69 Å². The third-order valence-electron chi connectivity index (χ3n) is 4.36. The number of β-amino-alcohol motifs (C(OH)–C–C–N with tert-alkyl or cyclic N) is 1. The van der Waals surface area contributed by atoms with Gasteiger partial charge in [0.1, 0.15) is 0 Å². The molecule has 2 saturated heterocycles. The summed E-state index contributed by atoms with van der Waals surface area (Å²) in [5.74, 6) is 0.135. The van der Waals surface area contributed by atoms with Crippen molar-refractivity contribution in [3.8, 4) is 0 Å². The molecule has 0 aromatic heterocycles. The topological polar surface area (TPSA) is 55.8 Å². The van der Waals surface area contributed by atoms with E-state index in [4.69, 9.17) is 0 Å². The average molecular weight is 362 g/mol. The van der Waals surface area contributed by atoms with Crippen molar-refractivity contribution < 1.29 is 9.90 Å². The zero-order valence-corrected chi connectivity index (χ0v) is 14.9. The number of rotatable bonds is 2. The molecular weight excluding hydrogens is 337 g/mol. The molecule has 2 atom stereocenters. The van der Waals surface area contributed by atoms with E-state index in [1.54, 1.807) is 0 Å². The normalized spacial score (nSPS) is 23.9. The summed E-state index contributed by atoms with van der Waals surface area (Å²) in [4.78, 5) is 16.6. The Morgan fingerprint density at radius 3 is 2.48 bits per heavy atom. The maximum Gasteiger partial charge on any atom is 0.239 e. The molecule has 2 heterocycles. The van der Waals surface area contributed by atoms with Gasteiger partial charge in [0.05, 0.1) is 12.1 Å². The number of carbonyl (C=O) groups excluding carboxylic acids is 1. The zero-order chi connectivity index (χ0) is 14.8. The molecule has 2 aliphatic heterocycles. The molecule has 130 valence electrons. The van der Waals surface area contributed by atoms with Crippen LogP contribution in [0.1, 0.15) is 12.0 Å². The van der Waals surface area contributed by atoms with Gasteiger partial charge >= 0.3 is 0 Å². The van der Waals surface area contributed by atoms with E-state index < -0.39 is 0 Å². The van der Waals surface area contributed by atoms with E-state index in [2.05, 4.69) is 41.4 Å². The smallest absolute Gasteiger partial charge is 0.239 e. The summed E-state index contributed by atoms with van der Waals surface area (Å²) in [5, 5.41) is 12.6. The minimum absolute atomic E-state index is 0. The highest BCUT2D eigenvalue weighted by Crippen LogP contribution is 2.19. The van der Waals surface area contributed by atoms with Gasteiger partial charge in [0.2, 0.25) is 5.91 Å². The van der Waals surface area contributed by atoms with E-state index >= 15 is 0 Å². The molecule has 0 aliphatic carbocycles. The lowest BCUT2D eigenvalue weighted by atomic mass is 10.1. The van der Waals surface area contributed by atoms with Crippen LogP contribution in [0.3, 0.4) is 0 Å². The molecule has 0 radical (unpaired) electrons. The first-order chi connectivity index (χ1) is 10.1. The molecule has 2 N–H and O–H groups in total. The lowest BCUT2D eigenvalue weighted by Crippen LogP contribution is -2.53. The van der Waals surface area contributed by atoms with Crippen LogP contribution in [-0.4, -0.2) is 60.8 Å². The average Bonchev–Trinajstić information content (AvgIpc) is 2.93. The Morgan fingerprint density at radius 2 is 1.91 bits per heavy atom. The molecule has 7 heteroatoms. The van der Waals surface area contributed by atoms with Crippen molar-refractivity contribution in [1.82, 2.24) is 10.2 Å². The molecule has 3 rings (SSSR count). The second-order valence-electron chi connectivity index (χ2n) is 6.00. The fourth-order valence-corrected chi connectivity index (χ4v) is 3.14. The SMILES string of the molecule is Cc1cccc(N2CCN(C(=O)C3CC(O)CN3)CC2)c1.Cl.Cl. The van der Waals surface area contributed by atoms with Crippen molar-refractivity contribution in [2.24, 2.45) is 0 Å². The molecule has 2 unspecified atom stereocenters. The summed E-state index contributed by atoms with van der Waals surface area (Å²) >= 11 is 0. The minimum atomic E-state index is -0.382. The molecule has 0 saturated carbocycles. The summed E-state index contributed by atoms with van der Waals surface area (Å²) in [6, 6.07) is 8.28. The van der Waals surface area contributed by atoms with E-state index in [-0.39, 0.29) is 42.9 Å². The molecule has 1 aromatic carbocycles. The maximum absolute atomic E-state index is 12.4. The van der Waals surface area contributed by atoms with Crippen LogP contribution in [0.5, 0.6) is 0 Å². The lowest BCUT2D eigenvalue weighted by Gasteiger charge is -2.37. The van der Waals surface area contributed by atoms with Crippen molar-refractivity contribution in [3.05, 3.63) is 29.8 Å². The van der Waals surface area contributed by atoms with E-state index in [0.717, 1.165) is 26.2 Å². The predicted octanol–water partition coefficient (Wildman–Crippen LogP) is 1.21. The van der Waals surface area contributed by atoms with E-state index in [1.807, 2.05) is 4.90 Å². The number of halogens is 2. The van der Waals surface area contributed by atoms with Gasteiger partial charge in [-0.1, -0.05) is 12.1 Å². The number of benzene rings is 1. The first kappa shape index (κ1) is 20.0. The van der Waals surface area contributed by atoms with E-state index in [1.165, 1.54) is 11.3 Å². The van der Waals surface area contributed by atoms with Crippen molar-refractivity contribution in [1.29, 1.82) is 0 Å². The van der Waals surface area contributed by atoms with Gasteiger partial charge in [0.25, 0.3) is 0 Å². The largest absolute Gasteiger partial charge is 0.392 e. The Morgan fingerprint density at radius 1 is 1.22 bits per heavy atom. The molecular formula is C16H25Cl2N3O2. The summed E-state index contributed by atoms with van der Waals surface area (Å²) in [6.45, 7) is 5.86. The van der Waals surface area contributed by atoms with Crippen molar-refractivity contribution >= 4 is 36.4 Å². The second kappa shape index (κ2) is 8.73. The van der Waals surface area contributed by atoms with Crippen LogP contribution in [0.2, 0.25) is 0 Å². The first-order valence-corrected chi connectivity index (χ1v) is 7.65. The zero-order valence-electron chi connectivity index (χ0n) is 13.3. The highest BCUT2D eigenvalue weighted by atomic mass is 35.5. The highest BCUT2D eigenvalue weighted by molar-refractivity contribution is 5.85. The Balaban J connectivity index is 0.00000132. The number of carbonyl (C=O) groups is 1. The minimum Gasteiger partial charge on any atom is -0.392 e. The van der Waals surface area contributed by atoms with Gasteiger partial charge in [-0.15, -0.1) is 24.8 Å². The van der Waals surface area contributed by atoms with Gasteiger partial charge in [-0.3, -0.25) is 4.79 Å². The summed E-state index contributed by atoms with van der Waals surface area (Å²) in [5.41, 5.74) is 2.49. The molecule has 1 amide bonds. The number of aliphatic hydroxyl groups excluding tert-OH is 1. The quantitative estimate of drug-likeness (QED) is 0.831. The summed E-state index contributed by atoms with van der Waals surface area (Å²) < 4.78 is 0. The molecule has 23 heavy (non-hydrogen) atoms. The van der Waals surface area contributed by atoms with Crippen molar-refractivity contribution in [2.45, 2.75) is 25.5 Å². The van der Waals surface area contributed by atoms with Gasteiger partial charge in [0.15, 0.2) is 0 Å². The fourth-order valence-electron chi connectivity index (χ4n) is 3.14. The van der Waals surface area contributed by atoms with E-state index in [9.17, 15) is 9.90 Å². The number of hydrogen-bond donors (Lipinski definition) is 2. The Hall–Kier alpha value is -1.01. The fraction of sp³-hybridized carbons (Fsp3) is 0.562. The van der Waals surface area contributed by atoms with Gasteiger partial charge in [0, 0.05) is 38.4 Å². The number of nitrogens with one attached hydrogen (secondary N) is 1. The van der Waals surface area contributed by atoms with Crippen LogP contribution >= 0.6 is 24.8 Å². The van der Waals surface area contributed by atoms with Crippen LogP contribution in [0, 0.1) is 6.92 Å². The number of hydrogen-bond acceptors (Lipinski definition) is 4. The van der Waals surface area contributed by atoms with Gasteiger partial charge in [-0.05, 0) is 31.0 Å². The van der Waals surface area contributed by atoms with Crippen molar-refractivity contribution in [2.75, 3.05) is 37.6 Å². The van der Waals surface area contributed by atoms with Crippen molar-refractivity contribution in [3.63, 3.8) is 0 Å². The number of anilines is 1. The third-order valence-corrected chi connectivity index (χ3v) is 4.36. The van der Waals surface area contributed by atoms with Crippen LogP contribution in [0.25, 0.3) is 0 Å². The first-order valence-electron chi connectivity index (χ1n) is 7.65. The molecule has 1 aromatic rings. The third kappa shape index (κ3) is 4.73. The van der Waals surface area contributed by atoms with Crippen LogP contribution in [0.15, 0.2) is 24.3 Å². The van der Waals surface area contributed by atoms with E-state index in [0.29, 0.717) is 13.0 Å². The predicted molar refractivity (Wildman–Crippen MR) is 96.9 cm³/mol. The maximum atomic E-state index is 12.4. The van der Waals surface area contributed by atoms with Gasteiger partial charge in [-0.2, -0.15) is 0 Å². The Bertz CT molecular complexity index is 522. The standard InChI is InChI=1S/C16H23N3O2.2ClH/c1-12-3-2-4-13(9-12)18-5-7-19(8-6-18)16(21)15-10-14(20)11-17-15;;/h2-4,9,14-15,17,20H,5-8,10-11H2,1H3;2*1H. The van der Waals surface area contributed by atoms with Crippen LogP contribution in [-0.2, 0) is 4.79 Å². The number of aliphatic hydroxyl groups is 1. The second-order valence-corrected chi connectivity index (χ2v) is 6.00. The summed E-state index contributed by atoms with van der Waals surface area (Å²) in [7, 11) is 0. The molecule has 0 spiro atoms. The summed E-state index contributed by atoms with van der Waals surface area (Å²) in [6.07, 6.45) is 0.157. The van der Waals surface area contributed by atoms with Gasteiger partial charge in [-0.25, -0.2) is 0 Å². The molecule has 2 fully saturated rings. The number of amides is 1. The highest BCUT2D eigenvalue weighted by Gasteiger charge is 2.32. The Labute approximate surface area is 149 Å². The number of piperazine rings is 1. The van der Waals surface area contributed by atoms with Crippen LogP contribution < -0.4 is 10.2 Å². The molecule has 0 bridgehead atoms. The number of aryl methyl sites for hydroxylation is 1. The number of nitrogens with zero attached hydrogens (tertiary/aromatic N) is 2. The lowest BCUT2D eigenvalue weighted by molar-refractivity contribution is -0.133. The molecule has 5 nitrogen and oxygen atoms in total. The molecule has 2 aliphatic rings. The Kier molecular flexibility index (Phi) is 7.61. The van der Waals surface area contributed by atoms with Gasteiger partial charge < -0.3 is 20.2 Å². The monoisotopic (exact) mass is 361 g/mol.